The maximum Gasteiger partial charge on any atom is 0.248 e. The topological polar surface area (TPSA) is 85.1 Å². The van der Waals surface area contributed by atoms with Crippen LogP contribution < -0.4 is 11.1 Å². The quantitative estimate of drug-likeness (QED) is 0.704. The van der Waals surface area contributed by atoms with Gasteiger partial charge in [0.15, 0.2) is 0 Å². The molecule has 0 aliphatic rings. The number of nitrogens with zero attached hydrogens (tertiary/aromatic N) is 1. The number of rotatable bonds is 6. The van der Waals surface area contributed by atoms with E-state index in [0.717, 1.165) is 21.8 Å². The Labute approximate surface area is 155 Å². The fraction of sp³-hybridized carbons (Fsp3) is 0.150. The van der Waals surface area contributed by atoms with Crippen LogP contribution in [0.2, 0.25) is 0 Å². The number of primary amides is 1. The van der Waals surface area contributed by atoms with Crippen molar-refractivity contribution in [1.29, 1.82) is 0 Å². The third kappa shape index (κ3) is 4.55. The molecule has 0 bridgehead atoms. The number of aryl methyl sites for hydroxylation is 1. The van der Waals surface area contributed by atoms with E-state index in [1.807, 2.05) is 36.6 Å². The molecule has 0 saturated heterocycles. The van der Waals surface area contributed by atoms with Crippen molar-refractivity contribution in [2.45, 2.75) is 19.9 Å². The summed E-state index contributed by atoms with van der Waals surface area (Å²) in [7, 11) is 0. The summed E-state index contributed by atoms with van der Waals surface area (Å²) in [5.41, 5.74) is 9.51. The number of thiazole rings is 1. The molecule has 6 heteroatoms. The van der Waals surface area contributed by atoms with Crippen molar-refractivity contribution in [3.05, 3.63) is 76.3 Å². The summed E-state index contributed by atoms with van der Waals surface area (Å²) in [4.78, 5) is 27.9. The zero-order valence-electron chi connectivity index (χ0n) is 14.4. The van der Waals surface area contributed by atoms with E-state index in [4.69, 9.17) is 5.73 Å². The molecule has 3 N–H and O–H groups in total. The van der Waals surface area contributed by atoms with E-state index in [2.05, 4.69) is 16.4 Å². The first-order valence-electron chi connectivity index (χ1n) is 8.18. The molecule has 0 radical (unpaired) electrons. The highest BCUT2D eigenvalue weighted by molar-refractivity contribution is 7.13. The van der Waals surface area contributed by atoms with E-state index >= 15 is 0 Å². The van der Waals surface area contributed by atoms with Crippen LogP contribution in [0.3, 0.4) is 0 Å². The summed E-state index contributed by atoms with van der Waals surface area (Å²) >= 11 is 1.53. The van der Waals surface area contributed by atoms with Gasteiger partial charge in [0.25, 0.3) is 0 Å². The Kier molecular flexibility index (Phi) is 5.43. The van der Waals surface area contributed by atoms with Crippen molar-refractivity contribution >= 4 is 23.2 Å². The van der Waals surface area contributed by atoms with Crippen molar-refractivity contribution in [3.63, 3.8) is 0 Å². The lowest BCUT2D eigenvalue weighted by Gasteiger charge is -2.05. The average Bonchev–Trinajstić information content (AvgIpc) is 3.09. The first-order valence-corrected chi connectivity index (χ1v) is 9.06. The summed E-state index contributed by atoms with van der Waals surface area (Å²) in [6.45, 7) is 2.38. The highest BCUT2D eigenvalue weighted by Crippen LogP contribution is 2.24. The third-order valence-corrected chi connectivity index (χ3v) is 4.80. The van der Waals surface area contributed by atoms with Gasteiger partial charge in [-0.15, -0.1) is 11.3 Å². The predicted molar refractivity (Wildman–Crippen MR) is 103 cm³/mol. The van der Waals surface area contributed by atoms with Crippen molar-refractivity contribution in [2.24, 2.45) is 5.73 Å². The smallest absolute Gasteiger partial charge is 0.248 e. The summed E-state index contributed by atoms with van der Waals surface area (Å²) < 4.78 is 0. The normalized spacial score (nSPS) is 10.5. The molecule has 0 atom stereocenters. The van der Waals surface area contributed by atoms with Gasteiger partial charge in [0.05, 0.1) is 12.1 Å². The summed E-state index contributed by atoms with van der Waals surface area (Å²) in [5, 5.41) is 5.66. The molecule has 0 unspecified atom stereocenters. The molecule has 132 valence electrons. The Morgan fingerprint density at radius 3 is 2.73 bits per heavy atom. The van der Waals surface area contributed by atoms with E-state index in [9.17, 15) is 9.59 Å². The van der Waals surface area contributed by atoms with Crippen LogP contribution in [-0.4, -0.2) is 16.8 Å². The number of carbonyl (C=O) groups is 2. The SMILES string of the molecule is Cc1cccc(-c2nc(CC(=O)NCc3cccc(C(N)=O)c3)cs2)c1. The zero-order valence-corrected chi connectivity index (χ0v) is 15.2. The van der Waals surface area contributed by atoms with E-state index in [1.54, 1.807) is 18.2 Å². The Morgan fingerprint density at radius 2 is 1.96 bits per heavy atom. The number of hydrogen-bond donors (Lipinski definition) is 2. The number of nitrogens with one attached hydrogen (secondary N) is 1. The Bertz CT molecular complexity index is 949. The molecular formula is C20H19N3O2S. The largest absolute Gasteiger partial charge is 0.366 e. The second-order valence-corrected chi connectivity index (χ2v) is 6.89. The number of amides is 2. The van der Waals surface area contributed by atoms with Crippen LogP contribution in [0.4, 0.5) is 0 Å². The monoisotopic (exact) mass is 365 g/mol. The number of benzene rings is 2. The molecule has 5 nitrogen and oxygen atoms in total. The number of aromatic nitrogens is 1. The van der Waals surface area contributed by atoms with Crippen molar-refractivity contribution in [3.8, 4) is 10.6 Å². The van der Waals surface area contributed by atoms with Crippen molar-refractivity contribution in [2.75, 3.05) is 0 Å². The van der Waals surface area contributed by atoms with Gasteiger partial charge in [-0.1, -0.05) is 35.9 Å². The zero-order chi connectivity index (χ0) is 18.5. The summed E-state index contributed by atoms with van der Waals surface area (Å²) in [6.07, 6.45) is 0.220. The minimum absolute atomic E-state index is 0.115. The molecule has 2 amide bonds. The minimum atomic E-state index is -0.482. The maximum atomic E-state index is 12.2. The van der Waals surface area contributed by atoms with Gasteiger partial charge in [-0.05, 0) is 30.7 Å². The number of carbonyl (C=O) groups excluding carboxylic acids is 2. The van der Waals surface area contributed by atoms with Gasteiger partial charge in [0.1, 0.15) is 5.01 Å². The van der Waals surface area contributed by atoms with Gasteiger partial charge in [-0.3, -0.25) is 9.59 Å². The van der Waals surface area contributed by atoms with E-state index in [1.165, 1.54) is 16.9 Å². The summed E-state index contributed by atoms with van der Waals surface area (Å²) in [6, 6.07) is 15.0. The molecule has 3 rings (SSSR count). The van der Waals surface area contributed by atoms with Crippen LogP contribution in [-0.2, 0) is 17.8 Å². The van der Waals surface area contributed by atoms with Gasteiger partial charge >= 0.3 is 0 Å². The highest BCUT2D eigenvalue weighted by Gasteiger charge is 2.10. The molecule has 2 aromatic carbocycles. The lowest BCUT2D eigenvalue weighted by atomic mass is 10.1. The first kappa shape index (κ1) is 17.8. The maximum absolute atomic E-state index is 12.2. The molecule has 0 saturated carbocycles. The molecule has 3 aromatic rings. The standard InChI is InChI=1S/C20H19N3O2S/c1-13-4-2-7-16(8-13)20-23-17(12-26-20)10-18(24)22-11-14-5-3-6-15(9-14)19(21)25/h2-9,12H,10-11H2,1H3,(H2,21,25)(H,22,24). The molecule has 1 heterocycles. The van der Waals surface area contributed by atoms with Gasteiger partial charge in [0, 0.05) is 23.1 Å². The number of hydrogen-bond acceptors (Lipinski definition) is 4. The highest BCUT2D eigenvalue weighted by atomic mass is 32.1. The van der Waals surface area contributed by atoms with E-state index in [0.29, 0.717) is 12.1 Å². The third-order valence-electron chi connectivity index (χ3n) is 3.86. The molecule has 26 heavy (non-hydrogen) atoms. The molecule has 0 aliphatic carbocycles. The number of nitrogens with two attached hydrogens (primary N) is 1. The fourth-order valence-electron chi connectivity index (χ4n) is 2.56. The second-order valence-electron chi connectivity index (χ2n) is 6.03. The molecule has 0 spiro atoms. The van der Waals surface area contributed by atoms with Gasteiger partial charge < -0.3 is 11.1 Å². The average molecular weight is 365 g/mol. The van der Waals surface area contributed by atoms with E-state index < -0.39 is 5.91 Å². The van der Waals surface area contributed by atoms with E-state index in [-0.39, 0.29) is 12.3 Å². The fourth-order valence-corrected chi connectivity index (χ4v) is 3.38. The molecule has 0 fully saturated rings. The lowest BCUT2D eigenvalue weighted by molar-refractivity contribution is -0.120. The molecular weight excluding hydrogens is 346 g/mol. The molecule has 0 aliphatic heterocycles. The van der Waals surface area contributed by atoms with Gasteiger partial charge in [-0.25, -0.2) is 4.98 Å². The van der Waals surface area contributed by atoms with Crippen LogP contribution in [0.15, 0.2) is 53.9 Å². The minimum Gasteiger partial charge on any atom is -0.366 e. The van der Waals surface area contributed by atoms with Crippen LogP contribution in [0.5, 0.6) is 0 Å². The Balaban J connectivity index is 1.59. The molecule has 1 aromatic heterocycles. The Morgan fingerprint density at radius 1 is 1.15 bits per heavy atom. The predicted octanol–water partition coefficient (Wildman–Crippen LogP) is 3.08. The first-order chi connectivity index (χ1) is 12.5. The van der Waals surface area contributed by atoms with Gasteiger partial charge in [-0.2, -0.15) is 0 Å². The van der Waals surface area contributed by atoms with Crippen molar-refractivity contribution < 1.29 is 9.59 Å². The van der Waals surface area contributed by atoms with Crippen LogP contribution >= 0.6 is 11.3 Å². The van der Waals surface area contributed by atoms with Crippen molar-refractivity contribution in [1.82, 2.24) is 10.3 Å². The summed E-state index contributed by atoms with van der Waals surface area (Å²) in [5.74, 6) is -0.597. The second kappa shape index (κ2) is 7.93. The Hall–Kier alpha value is -2.99. The van der Waals surface area contributed by atoms with Gasteiger partial charge in [0.2, 0.25) is 11.8 Å². The van der Waals surface area contributed by atoms with Crippen LogP contribution in [0.25, 0.3) is 10.6 Å². The van der Waals surface area contributed by atoms with Crippen LogP contribution in [0.1, 0.15) is 27.2 Å². The lowest BCUT2D eigenvalue weighted by Crippen LogP contribution is -2.24. The van der Waals surface area contributed by atoms with Crippen LogP contribution in [0, 0.1) is 6.92 Å².